The Morgan fingerprint density at radius 3 is 2.47 bits per heavy atom. The van der Waals surface area contributed by atoms with Gasteiger partial charge in [0.25, 0.3) is 0 Å². The van der Waals surface area contributed by atoms with Crippen molar-refractivity contribution in [1.82, 2.24) is 4.90 Å². The lowest BCUT2D eigenvalue weighted by atomic mass is 10.2. The molecule has 1 aliphatic rings. The fourth-order valence-corrected chi connectivity index (χ4v) is 1.81. The second-order valence-electron chi connectivity index (χ2n) is 4.06. The van der Waals surface area contributed by atoms with Gasteiger partial charge in [-0.15, -0.1) is 5.69 Å². The molecule has 0 unspecified atom stereocenters. The van der Waals surface area contributed by atoms with Crippen LogP contribution >= 0.6 is 0 Å². The van der Waals surface area contributed by atoms with E-state index < -0.39 is 0 Å². The van der Waals surface area contributed by atoms with Crippen molar-refractivity contribution in [1.29, 1.82) is 0 Å². The van der Waals surface area contributed by atoms with Gasteiger partial charge in [-0.25, -0.2) is 0 Å². The van der Waals surface area contributed by atoms with Gasteiger partial charge < -0.3 is 21.3 Å². The second kappa shape index (κ2) is 3.98. The number of hydrogen-bond acceptors (Lipinski definition) is 3. The van der Waals surface area contributed by atoms with E-state index in [1.165, 1.54) is 0 Å². The number of anilines is 2. The van der Waals surface area contributed by atoms with E-state index in [9.17, 15) is 0 Å². The molecule has 0 radical (unpaired) electrons. The highest BCUT2D eigenvalue weighted by Gasteiger charge is 2.13. The third-order valence-corrected chi connectivity index (χ3v) is 2.90. The average molecular weight is 205 g/mol. The van der Waals surface area contributed by atoms with Gasteiger partial charge in [-0.2, -0.15) is 0 Å². The first kappa shape index (κ1) is 10.1. The Morgan fingerprint density at radius 1 is 1.20 bits per heavy atom. The summed E-state index contributed by atoms with van der Waals surface area (Å²) in [6, 6.07) is 5.64. The predicted octanol–water partition coefficient (Wildman–Crippen LogP) is 1.70. The van der Waals surface area contributed by atoms with Gasteiger partial charge in [-0.3, -0.25) is 0 Å². The maximum absolute atomic E-state index is 7.51. The van der Waals surface area contributed by atoms with Gasteiger partial charge in [-0.05, 0) is 19.2 Å². The predicted molar refractivity (Wildman–Crippen MR) is 64.5 cm³/mol. The van der Waals surface area contributed by atoms with Crippen molar-refractivity contribution in [2.24, 2.45) is 0 Å². The van der Waals surface area contributed by atoms with E-state index in [2.05, 4.69) is 16.8 Å². The lowest BCUT2D eigenvalue weighted by Gasteiger charge is -2.34. The zero-order valence-corrected chi connectivity index (χ0v) is 9.03. The summed E-state index contributed by atoms with van der Waals surface area (Å²) in [6.45, 7) is 4.24. The number of nitrogens with zero attached hydrogens (tertiary/aromatic N) is 2. The van der Waals surface area contributed by atoms with Crippen molar-refractivity contribution in [3.8, 4) is 0 Å². The zero-order valence-electron chi connectivity index (χ0n) is 9.03. The monoisotopic (exact) mass is 205 g/mol. The Morgan fingerprint density at radius 2 is 1.87 bits per heavy atom. The molecule has 82 valence electrons. The third kappa shape index (κ3) is 2.15. The first-order valence-corrected chi connectivity index (χ1v) is 5.21. The lowest BCUT2D eigenvalue weighted by molar-refractivity contribution is 0.313. The van der Waals surface area contributed by atoms with Crippen LogP contribution in [-0.4, -0.2) is 38.1 Å². The van der Waals surface area contributed by atoms with Crippen LogP contribution < -0.4 is 10.6 Å². The van der Waals surface area contributed by atoms with E-state index in [0.29, 0.717) is 11.4 Å². The van der Waals surface area contributed by atoms with Gasteiger partial charge in [0.15, 0.2) is 0 Å². The third-order valence-electron chi connectivity index (χ3n) is 2.90. The molecule has 1 saturated heterocycles. The smallest absolute Gasteiger partial charge is 0.0386 e. The normalized spacial score (nSPS) is 18.1. The summed E-state index contributed by atoms with van der Waals surface area (Å²) < 4.78 is 0. The first-order chi connectivity index (χ1) is 7.16. The number of piperazine rings is 1. The standard InChI is InChI=1S/C11H17N4/c1-14-4-6-15(7-5-14)9-2-3-10(12)11(13)8-9/h2-3,8,12H,4-7,13H2,1H3/q-1. The van der Waals surface area contributed by atoms with Crippen LogP contribution in [-0.2, 0) is 0 Å². The fourth-order valence-electron chi connectivity index (χ4n) is 1.81. The largest absolute Gasteiger partial charge is 0.697 e. The summed E-state index contributed by atoms with van der Waals surface area (Å²) in [7, 11) is 2.14. The molecule has 0 atom stereocenters. The fraction of sp³-hybridized carbons (Fsp3) is 0.455. The summed E-state index contributed by atoms with van der Waals surface area (Å²) in [4.78, 5) is 4.63. The Bertz CT molecular complexity index is 342. The molecule has 0 amide bonds. The molecule has 1 heterocycles. The topological polar surface area (TPSA) is 56.3 Å². The summed E-state index contributed by atoms with van der Waals surface area (Å²) in [5.41, 5.74) is 15.3. The first-order valence-electron chi connectivity index (χ1n) is 5.21. The molecule has 3 N–H and O–H groups in total. The van der Waals surface area contributed by atoms with Gasteiger partial charge in [-0.1, -0.05) is 6.07 Å². The zero-order chi connectivity index (χ0) is 10.8. The summed E-state index contributed by atoms with van der Waals surface area (Å²) in [5, 5.41) is 0. The maximum Gasteiger partial charge on any atom is 0.0386 e. The molecule has 0 aromatic heterocycles. The highest BCUT2D eigenvalue weighted by Crippen LogP contribution is 2.26. The molecule has 2 rings (SSSR count). The van der Waals surface area contributed by atoms with E-state index >= 15 is 0 Å². The van der Waals surface area contributed by atoms with Crippen LogP contribution in [0.25, 0.3) is 5.73 Å². The van der Waals surface area contributed by atoms with E-state index in [4.69, 9.17) is 11.5 Å². The minimum atomic E-state index is 0.410. The van der Waals surface area contributed by atoms with Gasteiger partial charge in [0.05, 0.1) is 0 Å². The van der Waals surface area contributed by atoms with Crippen molar-refractivity contribution in [2.45, 2.75) is 0 Å². The number of nitrogen functional groups attached to an aromatic ring is 1. The molecule has 0 aliphatic carbocycles. The minimum Gasteiger partial charge on any atom is -0.697 e. The molecule has 4 heteroatoms. The van der Waals surface area contributed by atoms with Gasteiger partial charge in [0.1, 0.15) is 0 Å². The molecular formula is C11H17N4-. The molecule has 0 bridgehead atoms. The Balaban J connectivity index is 2.12. The summed E-state index contributed by atoms with van der Waals surface area (Å²) in [6.07, 6.45) is 0. The van der Waals surface area contributed by atoms with Gasteiger partial charge >= 0.3 is 0 Å². The Hall–Kier alpha value is -1.42. The molecule has 1 aliphatic heterocycles. The molecule has 4 nitrogen and oxygen atoms in total. The highest BCUT2D eigenvalue weighted by atomic mass is 15.2. The second-order valence-corrected chi connectivity index (χ2v) is 4.06. The van der Waals surface area contributed by atoms with Crippen LogP contribution in [0.3, 0.4) is 0 Å². The number of nitrogens with two attached hydrogens (primary N) is 1. The van der Waals surface area contributed by atoms with Gasteiger partial charge in [0.2, 0.25) is 0 Å². The van der Waals surface area contributed by atoms with Crippen LogP contribution in [0, 0.1) is 0 Å². The average Bonchev–Trinajstić information content (AvgIpc) is 2.23. The molecule has 15 heavy (non-hydrogen) atoms. The molecule has 0 spiro atoms. The number of likely N-dealkylation sites (N-methyl/N-ethyl adjacent to an activating group) is 1. The highest BCUT2D eigenvalue weighted by molar-refractivity contribution is 5.71. The Kier molecular flexibility index (Phi) is 2.68. The SMILES string of the molecule is CN1CCN(c2ccc([NH-])c(N)c2)CC1. The van der Waals surface area contributed by atoms with E-state index in [1.54, 1.807) is 6.07 Å². The van der Waals surface area contributed by atoms with Crippen LogP contribution in [0.15, 0.2) is 18.2 Å². The van der Waals surface area contributed by atoms with E-state index in [0.717, 1.165) is 31.9 Å². The van der Waals surface area contributed by atoms with Gasteiger partial charge in [0, 0.05) is 37.6 Å². The van der Waals surface area contributed by atoms with E-state index in [-0.39, 0.29) is 0 Å². The van der Waals surface area contributed by atoms with Crippen LogP contribution in [0.2, 0.25) is 0 Å². The van der Waals surface area contributed by atoms with Crippen molar-refractivity contribution in [3.05, 3.63) is 23.9 Å². The molecule has 1 aromatic rings. The van der Waals surface area contributed by atoms with Crippen molar-refractivity contribution < 1.29 is 0 Å². The minimum absolute atomic E-state index is 0.410. The van der Waals surface area contributed by atoms with Crippen LogP contribution in [0.5, 0.6) is 0 Å². The number of nitrogens with one attached hydrogen (secondary N) is 1. The van der Waals surface area contributed by atoms with Crippen LogP contribution in [0.1, 0.15) is 0 Å². The van der Waals surface area contributed by atoms with Crippen molar-refractivity contribution >= 4 is 17.1 Å². The lowest BCUT2D eigenvalue weighted by Crippen LogP contribution is -2.44. The Labute approximate surface area is 90.4 Å². The number of benzene rings is 1. The van der Waals surface area contributed by atoms with Crippen molar-refractivity contribution in [2.75, 3.05) is 43.9 Å². The molecule has 1 aromatic carbocycles. The quantitative estimate of drug-likeness (QED) is 0.710. The summed E-state index contributed by atoms with van der Waals surface area (Å²) >= 11 is 0. The number of hydrogen-bond donors (Lipinski definition) is 1. The number of rotatable bonds is 1. The summed E-state index contributed by atoms with van der Waals surface area (Å²) in [5.74, 6) is 0. The molecule has 0 saturated carbocycles. The maximum atomic E-state index is 7.51. The van der Waals surface area contributed by atoms with E-state index in [1.807, 2.05) is 12.1 Å². The van der Waals surface area contributed by atoms with Crippen LogP contribution in [0.4, 0.5) is 17.1 Å². The van der Waals surface area contributed by atoms with Crippen molar-refractivity contribution in [3.63, 3.8) is 0 Å². The molecule has 1 fully saturated rings. The molecular weight excluding hydrogens is 188 g/mol.